The van der Waals surface area contributed by atoms with Crippen molar-refractivity contribution in [3.05, 3.63) is 77.0 Å². The van der Waals surface area contributed by atoms with Gasteiger partial charge in [-0.2, -0.15) is 18.4 Å². The van der Waals surface area contributed by atoms with Crippen LogP contribution in [0.5, 0.6) is 0 Å². The van der Waals surface area contributed by atoms with E-state index in [4.69, 9.17) is 4.74 Å². The Balaban J connectivity index is 1.56. The van der Waals surface area contributed by atoms with Gasteiger partial charge in [0.2, 0.25) is 0 Å². The molecule has 1 saturated heterocycles. The number of pyridine rings is 1. The van der Waals surface area contributed by atoms with Crippen molar-refractivity contribution in [2.45, 2.75) is 32.0 Å². The van der Waals surface area contributed by atoms with Gasteiger partial charge in [-0.15, -0.1) is 0 Å². The molecule has 0 saturated carbocycles. The van der Waals surface area contributed by atoms with Gasteiger partial charge in [0.1, 0.15) is 11.9 Å². The molecule has 1 aliphatic rings. The van der Waals surface area contributed by atoms with E-state index in [2.05, 4.69) is 21.7 Å². The zero-order valence-electron chi connectivity index (χ0n) is 18.9. The van der Waals surface area contributed by atoms with E-state index in [0.29, 0.717) is 35.8 Å². The van der Waals surface area contributed by atoms with Crippen molar-refractivity contribution in [1.82, 2.24) is 4.98 Å². The van der Waals surface area contributed by atoms with Gasteiger partial charge in [0.05, 0.1) is 11.1 Å². The quantitative estimate of drug-likeness (QED) is 0.483. The lowest BCUT2D eigenvalue weighted by atomic mass is 9.99. The first-order chi connectivity index (χ1) is 16.7. The molecule has 6 nitrogen and oxygen atoms in total. The summed E-state index contributed by atoms with van der Waals surface area (Å²) < 4.78 is 44.3. The number of carbonyl (C=O) groups is 1. The number of anilines is 2. The second-order valence-electron chi connectivity index (χ2n) is 8.33. The van der Waals surface area contributed by atoms with E-state index in [-0.39, 0.29) is 11.6 Å². The van der Waals surface area contributed by atoms with Crippen LogP contribution in [0.3, 0.4) is 0 Å². The van der Waals surface area contributed by atoms with Gasteiger partial charge in [0, 0.05) is 42.3 Å². The molecule has 2 aromatic carbocycles. The van der Waals surface area contributed by atoms with E-state index in [1.54, 1.807) is 30.5 Å². The number of aromatic nitrogens is 1. The van der Waals surface area contributed by atoms with Crippen molar-refractivity contribution in [1.29, 1.82) is 5.26 Å². The average Bonchev–Trinajstić information content (AvgIpc) is 2.85. The molecular formula is C26H23F3N4O2. The Kier molecular flexibility index (Phi) is 7.03. The fourth-order valence-electron chi connectivity index (χ4n) is 3.90. The molecule has 3 aromatic rings. The minimum atomic E-state index is -4.54. The van der Waals surface area contributed by atoms with Crippen LogP contribution in [0.1, 0.15) is 39.9 Å². The number of halogens is 3. The lowest BCUT2D eigenvalue weighted by molar-refractivity contribution is -0.137. The molecule has 0 spiro atoms. The Bertz CT molecular complexity index is 1280. The molecule has 1 aliphatic heterocycles. The van der Waals surface area contributed by atoms with Crippen LogP contribution in [-0.4, -0.2) is 30.1 Å². The molecule has 0 bridgehead atoms. The number of amides is 1. The van der Waals surface area contributed by atoms with E-state index in [1.807, 2.05) is 6.92 Å². The molecule has 35 heavy (non-hydrogen) atoms. The van der Waals surface area contributed by atoms with Gasteiger partial charge in [0.25, 0.3) is 5.91 Å². The monoisotopic (exact) mass is 480 g/mol. The van der Waals surface area contributed by atoms with E-state index in [0.717, 1.165) is 36.1 Å². The van der Waals surface area contributed by atoms with Gasteiger partial charge in [0.15, 0.2) is 0 Å². The first kappa shape index (κ1) is 24.2. The number of nitrogens with one attached hydrogen (secondary N) is 2. The minimum Gasteiger partial charge on any atom is -0.381 e. The molecule has 1 fully saturated rings. The summed E-state index contributed by atoms with van der Waals surface area (Å²) in [7, 11) is 0. The first-order valence-electron chi connectivity index (χ1n) is 11.1. The van der Waals surface area contributed by atoms with E-state index < -0.39 is 17.6 Å². The Labute approximate surface area is 200 Å². The van der Waals surface area contributed by atoms with Crippen molar-refractivity contribution in [3.63, 3.8) is 0 Å². The molecular weight excluding hydrogens is 457 g/mol. The topological polar surface area (TPSA) is 87.0 Å². The SMILES string of the molecule is Cc1ccc(NC(=O)c2cccc(C(F)(F)F)c2)cc1-c1cnc(NC2CCOCC2)c(C#N)c1. The van der Waals surface area contributed by atoms with E-state index in [9.17, 15) is 23.2 Å². The number of nitriles is 1. The smallest absolute Gasteiger partial charge is 0.381 e. The minimum absolute atomic E-state index is 0.0982. The second kappa shape index (κ2) is 10.2. The molecule has 0 atom stereocenters. The number of hydrogen-bond acceptors (Lipinski definition) is 5. The van der Waals surface area contributed by atoms with Crippen LogP contribution < -0.4 is 10.6 Å². The third-order valence-corrected chi connectivity index (χ3v) is 5.83. The highest BCUT2D eigenvalue weighted by molar-refractivity contribution is 6.04. The van der Waals surface area contributed by atoms with Crippen LogP contribution in [0.15, 0.2) is 54.7 Å². The highest BCUT2D eigenvalue weighted by Gasteiger charge is 2.31. The summed E-state index contributed by atoms with van der Waals surface area (Å²) in [4.78, 5) is 17.1. The Morgan fingerprint density at radius 2 is 1.91 bits per heavy atom. The summed E-state index contributed by atoms with van der Waals surface area (Å²) in [5.41, 5.74) is 2.14. The van der Waals surface area contributed by atoms with Crippen molar-refractivity contribution in [2.24, 2.45) is 0 Å². The largest absolute Gasteiger partial charge is 0.416 e. The van der Waals surface area contributed by atoms with Crippen LogP contribution in [0, 0.1) is 18.3 Å². The molecule has 4 rings (SSSR count). The molecule has 0 aliphatic carbocycles. The van der Waals surface area contributed by atoms with Crippen LogP contribution in [-0.2, 0) is 10.9 Å². The lowest BCUT2D eigenvalue weighted by Gasteiger charge is -2.24. The Morgan fingerprint density at radius 1 is 1.14 bits per heavy atom. The fraction of sp³-hybridized carbons (Fsp3) is 0.269. The third kappa shape index (κ3) is 5.78. The van der Waals surface area contributed by atoms with Gasteiger partial charge in [-0.1, -0.05) is 12.1 Å². The number of aryl methyl sites for hydroxylation is 1. The van der Waals surface area contributed by atoms with E-state index in [1.165, 1.54) is 12.1 Å². The summed E-state index contributed by atoms with van der Waals surface area (Å²) >= 11 is 0. The average molecular weight is 480 g/mol. The van der Waals surface area contributed by atoms with Gasteiger partial charge in [-0.25, -0.2) is 4.98 Å². The zero-order valence-corrected chi connectivity index (χ0v) is 18.9. The summed E-state index contributed by atoms with van der Waals surface area (Å²) in [6, 6.07) is 13.5. The maximum absolute atomic E-state index is 13.0. The van der Waals surface area contributed by atoms with Crippen LogP contribution in [0.2, 0.25) is 0 Å². The summed E-state index contributed by atoms with van der Waals surface area (Å²) in [6.07, 6.45) is -1.21. The molecule has 1 amide bonds. The summed E-state index contributed by atoms with van der Waals surface area (Å²) in [5, 5.41) is 15.6. The lowest BCUT2D eigenvalue weighted by Crippen LogP contribution is -2.28. The molecule has 1 aromatic heterocycles. The predicted octanol–water partition coefficient (Wildman–Crippen LogP) is 5.79. The number of hydrogen-bond donors (Lipinski definition) is 2. The fourth-order valence-corrected chi connectivity index (χ4v) is 3.90. The van der Waals surface area contributed by atoms with Crippen LogP contribution in [0.4, 0.5) is 24.7 Å². The van der Waals surface area contributed by atoms with Gasteiger partial charge in [-0.3, -0.25) is 4.79 Å². The van der Waals surface area contributed by atoms with Crippen molar-refractivity contribution in [3.8, 4) is 17.2 Å². The zero-order chi connectivity index (χ0) is 25.0. The van der Waals surface area contributed by atoms with Crippen molar-refractivity contribution >= 4 is 17.4 Å². The highest BCUT2D eigenvalue weighted by Crippen LogP contribution is 2.31. The standard InChI is InChI=1S/C26H23F3N4O2/c1-16-5-6-22(33-25(34)17-3-2-4-20(12-17)26(27,28)29)13-23(16)19-11-18(14-30)24(31-15-19)32-21-7-9-35-10-8-21/h2-6,11-13,15,21H,7-10H2,1H3,(H,31,32)(H,33,34). The first-order valence-corrected chi connectivity index (χ1v) is 11.1. The van der Waals surface area contributed by atoms with Gasteiger partial charge in [-0.05, 0) is 67.3 Å². The number of rotatable bonds is 5. The predicted molar refractivity (Wildman–Crippen MR) is 126 cm³/mol. The molecule has 180 valence electrons. The van der Waals surface area contributed by atoms with Crippen LogP contribution >= 0.6 is 0 Å². The Hall–Kier alpha value is -3.90. The Morgan fingerprint density at radius 3 is 2.63 bits per heavy atom. The number of benzene rings is 2. The maximum Gasteiger partial charge on any atom is 0.416 e. The van der Waals surface area contributed by atoms with Gasteiger partial charge < -0.3 is 15.4 Å². The number of ether oxygens (including phenoxy) is 1. The summed E-state index contributed by atoms with van der Waals surface area (Å²) in [6.45, 7) is 3.21. The second-order valence-corrected chi connectivity index (χ2v) is 8.33. The normalized spacial score (nSPS) is 14.3. The van der Waals surface area contributed by atoms with Gasteiger partial charge >= 0.3 is 6.18 Å². The molecule has 2 N–H and O–H groups in total. The molecule has 9 heteroatoms. The molecule has 0 unspecified atom stereocenters. The summed E-state index contributed by atoms with van der Waals surface area (Å²) in [5.74, 6) is -0.146. The number of nitrogens with zero attached hydrogens (tertiary/aromatic N) is 2. The van der Waals surface area contributed by atoms with E-state index >= 15 is 0 Å². The maximum atomic E-state index is 13.0. The molecule has 2 heterocycles. The molecule has 0 radical (unpaired) electrons. The van der Waals surface area contributed by atoms with Crippen molar-refractivity contribution < 1.29 is 22.7 Å². The van der Waals surface area contributed by atoms with Crippen molar-refractivity contribution in [2.75, 3.05) is 23.8 Å². The third-order valence-electron chi connectivity index (χ3n) is 5.83. The van der Waals surface area contributed by atoms with Crippen LogP contribution in [0.25, 0.3) is 11.1 Å². The number of carbonyl (C=O) groups excluding carboxylic acids is 1. The number of alkyl halides is 3. The highest BCUT2D eigenvalue weighted by atomic mass is 19.4.